The van der Waals surface area contributed by atoms with Crippen LogP contribution in [0.3, 0.4) is 0 Å². The first kappa shape index (κ1) is 16.4. The number of rotatable bonds is 6. The minimum absolute atomic E-state index is 0.378. The number of amides is 1. The van der Waals surface area contributed by atoms with Gasteiger partial charge in [-0.2, -0.15) is 0 Å². The van der Waals surface area contributed by atoms with Crippen LogP contribution in [0.5, 0.6) is 5.75 Å². The van der Waals surface area contributed by atoms with Gasteiger partial charge in [-0.1, -0.05) is 17.6 Å². The Morgan fingerprint density at radius 1 is 1.20 bits per heavy atom. The number of hydrogen-bond donors (Lipinski definition) is 1. The number of benzene rings is 1. The van der Waals surface area contributed by atoms with Crippen molar-refractivity contribution in [3.8, 4) is 5.75 Å². The van der Waals surface area contributed by atoms with Gasteiger partial charge < -0.3 is 14.8 Å². The lowest BCUT2D eigenvalue weighted by Gasteiger charge is -2.19. The summed E-state index contributed by atoms with van der Waals surface area (Å²) in [6, 6.07) is 7.29. The molecular formula is C15H22BNO3. The van der Waals surface area contributed by atoms with Crippen molar-refractivity contribution in [2.75, 3.05) is 13.2 Å². The lowest BCUT2D eigenvalue weighted by Crippen LogP contribution is -2.33. The average Bonchev–Trinajstić information content (AvgIpc) is 2.33. The standard InChI is InChI=1S/C15H22BNO3/c1-15(2,3)20-14(18)17-10-4-5-11-19-13-8-6-12(16)7-9-13/h6-9H,4-5,10-11H2,1-3H3,(H,17,18). The molecule has 1 rings (SSSR count). The van der Waals surface area contributed by atoms with Gasteiger partial charge in [0.25, 0.3) is 0 Å². The van der Waals surface area contributed by atoms with E-state index >= 15 is 0 Å². The van der Waals surface area contributed by atoms with Crippen molar-refractivity contribution in [2.24, 2.45) is 0 Å². The lowest BCUT2D eigenvalue weighted by atomic mass is 9.97. The molecular weight excluding hydrogens is 253 g/mol. The molecule has 0 fully saturated rings. The van der Waals surface area contributed by atoms with E-state index in [1.165, 1.54) is 0 Å². The van der Waals surface area contributed by atoms with Gasteiger partial charge in [0.2, 0.25) is 0 Å². The van der Waals surface area contributed by atoms with Gasteiger partial charge in [0.15, 0.2) is 0 Å². The van der Waals surface area contributed by atoms with Crippen LogP contribution < -0.4 is 15.5 Å². The molecule has 0 aliphatic carbocycles. The van der Waals surface area contributed by atoms with Crippen LogP contribution in [0.1, 0.15) is 33.6 Å². The molecule has 1 aromatic carbocycles. The van der Waals surface area contributed by atoms with Crippen LogP contribution in [0.25, 0.3) is 0 Å². The van der Waals surface area contributed by atoms with Gasteiger partial charge in [0.05, 0.1) is 6.61 Å². The molecule has 5 heteroatoms. The fraction of sp³-hybridized carbons (Fsp3) is 0.533. The van der Waals surface area contributed by atoms with Crippen LogP contribution in [0.4, 0.5) is 4.79 Å². The summed E-state index contributed by atoms with van der Waals surface area (Å²) in [6.07, 6.45) is 1.32. The molecule has 1 N–H and O–H groups in total. The zero-order valence-corrected chi connectivity index (χ0v) is 12.4. The first-order valence-corrected chi connectivity index (χ1v) is 6.82. The van der Waals surface area contributed by atoms with E-state index in [1.807, 2.05) is 32.9 Å². The third-order valence-electron chi connectivity index (χ3n) is 2.39. The third-order valence-corrected chi connectivity index (χ3v) is 2.39. The number of unbranched alkanes of at least 4 members (excludes halogenated alkanes) is 1. The van der Waals surface area contributed by atoms with Gasteiger partial charge in [0, 0.05) is 6.54 Å². The van der Waals surface area contributed by atoms with E-state index in [2.05, 4.69) is 5.32 Å². The first-order chi connectivity index (χ1) is 9.37. The van der Waals surface area contributed by atoms with E-state index < -0.39 is 5.60 Å². The monoisotopic (exact) mass is 275 g/mol. The van der Waals surface area contributed by atoms with Crippen molar-refractivity contribution in [3.63, 3.8) is 0 Å². The molecule has 0 saturated carbocycles. The molecule has 0 aromatic heterocycles. The van der Waals surface area contributed by atoms with Crippen molar-refractivity contribution >= 4 is 19.4 Å². The Morgan fingerprint density at radius 2 is 1.85 bits per heavy atom. The normalized spacial score (nSPS) is 10.9. The Labute approximate surface area is 122 Å². The highest BCUT2D eigenvalue weighted by Crippen LogP contribution is 2.08. The second kappa shape index (κ2) is 7.83. The zero-order chi connectivity index (χ0) is 15.0. The molecule has 0 bridgehead atoms. The third kappa shape index (κ3) is 7.72. The summed E-state index contributed by atoms with van der Waals surface area (Å²) in [5.74, 6) is 0.805. The smallest absolute Gasteiger partial charge is 0.407 e. The summed E-state index contributed by atoms with van der Waals surface area (Å²) < 4.78 is 10.7. The predicted molar refractivity (Wildman–Crippen MR) is 80.8 cm³/mol. The van der Waals surface area contributed by atoms with Gasteiger partial charge in [0.1, 0.15) is 19.2 Å². The van der Waals surface area contributed by atoms with Gasteiger partial charge in [-0.25, -0.2) is 4.79 Å². The van der Waals surface area contributed by atoms with Crippen LogP contribution in [0.2, 0.25) is 0 Å². The minimum atomic E-state index is -0.456. The summed E-state index contributed by atoms with van der Waals surface area (Å²) in [7, 11) is 5.59. The quantitative estimate of drug-likeness (QED) is 0.639. The highest BCUT2D eigenvalue weighted by atomic mass is 16.6. The number of hydrogen-bond acceptors (Lipinski definition) is 3. The van der Waals surface area contributed by atoms with E-state index in [0.717, 1.165) is 24.1 Å². The van der Waals surface area contributed by atoms with Crippen LogP contribution in [0, 0.1) is 0 Å². The van der Waals surface area contributed by atoms with Crippen molar-refractivity contribution in [3.05, 3.63) is 24.3 Å². The molecule has 1 aromatic rings. The lowest BCUT2D eigenvalue weighted by molar-refractivity contribution is 0.0526. The predicted octanol–water partition coefficient (Wildman–Crippen LogP) is 2.16. The van der Waals surface area contributed by atoms with Crippen LogP contribution in [-0.4, -0.2) is 32.7 Å². The highest BCUT2D eigenvalue weighted by Gasteiger charge is 2.15. The number of alkyl carbamates (subject to hydrolysis) is 1. The van der Waals surface area contributed by atoms with E-state index in [4.69, 9.17) is 17.3 Å². The fourth-order valence-corrected chi connectivity index (χ4v) is 1.49. The van der Waals surface area contributed by atoms with Crippen molar-refractivity contribution in [1.29, 1.82) is 0 Å². The van der Waals surface area contributed by atoms with E-state index in [1.54, 1.807) is 12.1 Å². The van der Waals surface area contributed by atoms with Gasteiger partial charge in [-0.05, 0) is 45.7 Å². The number of carbonyl (C=O) groups is 1. The van der Waals surface area contributed by atoms with Gasteiger partial charge in [-0.3, -0.25) is 0 Å². The van der Waals surface area contributed by atoms with E-state index in [-0.39, 0.29) is 6.09 Å². The Kier molecular flexibility index (Phi) is 6.42. The van der Waals surface area contributed by atoms with Crippen molar-refractivity contribution in [2.45, 2.75) is 39.2 Å². The molecule has 0 unspecified atom stereocenters. The molecule has 0 spiro atoms. The fourth-order valence-electron chi connectivity index (χ4n) is 1.49. The maximum atomic E-state index is 11.4. The molecule has 1 amide bonds. The summed E-state index contributed by atoms with van der Waals surface area (Å²) in [6.45, 7) is 6.72. The Balaban J connectivity index is 2.05. The maximum Gasteiger partial charge on any atom is 0.407 e. The van der Waals surface area contributed by atoms with Gasteiger partial charge >= 0.3 is 6.09 Å². The van der Waals surface area contributed by atoms with Crippen LogP contribution in [-0.2, 0) is 4.74 Å². The molecule has 20 heavy (non-hydrogen) atoms. The number of carbonyl (C=O) groups excluding carboxylic acids is 1. The van der Waals surface area contributed by atoms with E-state index in [9.17, 15) is 4.79 Å². The van der Waals surface area contributed by atoms with Crippen LogP contribution >= 0.6 is 0 Å². The molecule has 2 radical (unpaired) electrons. The summed E-state index contributed by atoms with van der Waals surface area (Å²) in [4.78, 5) is 11.4. The number of ether oxygens (including phenoxy) is 2. The largest absolute Gasteiger partial charge is 0.494 e. The zero-order valence-electron chi connectivity index (χ0n) is 12.4. The minimum Gasteiger partial charge on any atom is -0.494 e. The molecule has 108 valence electrons. The molecule has 0 atom stereocenters. The molecule has 0 aliphatic heterocycles. The SMILES string of the molecule is [B]c1ccc(OCCCCNC(=O)OC(C)(C)C)cc1. The van der Waals surface area contributed by atoms with E-state index in [0.29, 0.717) is 13.2 Å². The molecule has 0 aliphatic rings. The topological polar surface area (TPSA) is 47.6 Å². The second-order valence-corrected chi connectivity index (χ2v) is 5.55. The van der Waals surface area contributed by atoms with Gasteiger partial charge in [-0.15, -0.1) is 0 Å². The highest BCUT2D eigenvalue weighted by molar-refractivity contribution is 6.32. The molecule has 4 nitrogen and oxygen atoms in total. The second-order valence-electron chi connectivity index (χ2n) is 5.55. The molecule has 0 heterocycles. The summed E-state index contributed by atoms with van der Waals surface area (Å²) in [5.41, 5.74) is 0.265. The summed E-state index contributed by atoms with van der Waals surface area (Å²) in [5, 5.41) is 2.71. The Morgan fingerprint density at radius 3 is 2.45 bits per heavy atom. The first-order valence-electron chi connectivity index (χ1n) is 6.82. The van der Waals surface area contributed by atoms with Crippen molar-refractivity contribution < 1.29 is 14.3 Å². The Hall–Kier alpha value is -1.65. The average molecular weight is 275 g/mol. The van der Waals surface area contributed by atoms with Crippen molar-refractivity contribution in [1.82, 2.24) is 5.32 Å². The maximum absolute atomic E-state index is 11.4. The summed E-state index contributed by atoms with van der Waals surface area (Å²) >= 11 is 0. The molecule has 0 saturated heterocycles. The Bertz CT molecular complexity index is 412. The van der Waals surface area contributed by atoms with Crippen LogP contribution in [0.15, 0.2) is 24.3 Å². The number of nitrogens with one attached hydrogen (secondary N) is 1.